The van der Waals surface area contributed by atoms with Crippen LogP contribution in [0, 0.1) is 0 Å². The highest BCUT2D eigenvalue weighted by molar-refractivity contribution is 5.79. The highest BCUT2D eigenvalue weighted by atomic mass is 16.1. The molecule has 0 radical (unpaired) electrons. The number of primary amides is 1. The molecule has 1 aliphatic rings. The molecule has 1 fully saturated rings. The Labute approximate surface area is 91.2 Å². The monoisotopic (exact) mass is 214 g/mol. The minimum atomic E-state index is -0.559. The van der Waals surface area contributed by atoms with Crippen molar-refractivity contribution >= 4 is 5.91 Å². The second kappa shape index (κ2) is 6.76. The van der Waals surface area contributed by atoms with Gasteiger partial charge < -0.3 is 21.7 Å². The minimum absolute atomic E-state index is 0.443. The van der Waals surface area contributed by atoms with E-state index in [1.54, 1.807) is 0 Å². The fourth-order valence-corrected chi connectivity index (χ4v) is 1.79. The molecule has 5 nitrogen and oxygen atoms in total. The van der Waals surface area contributed by atoms with Gasteiger partial charge in [-0.05, 0) is 45.4 Å². The zero-order valence-electron chi connectivity index (χ0n) is 9.24. The predicted molar refractivity (Wildman–Crippen MR) is 60.3 cm³/mol. The van der Waals surface area contributed by atoms with Crippen molar-refractivity contribution in [2.75, 3.05) is 32.7 Å². The molecule has 1 heterocycles. The number of nitrogens with one attached hydrogen (secondary N) is 1. The van der Waals surface area contributed by atoms with Crippen LogP contribution in [0.5, 0.6) is 0 Å². The van der Waals surface area contributed by atoms with Crippen molar-refractivity contribution in [2.24, 2.45) is 11.5 Å². The van der Waals surface area contributed by atoms with Gasteiger partial charge in [-0.25, -0.2) is 0 Å². The van der Waals surface area contributed by atoms with Gasteiger partial charge in [0.25, 0.3) is 0 Å². The summed E-state index contributed by atoms with van der Waals surface area (Å²) in [5, 5.41) is 3.14. The van der Waals surface area contributed by atoms with Crippen LogP contribution in [0.3, 0.4) is 0 Å². The summed E-state index contributed by atoms with van der Waals surface area (Å²) in [6.07, 6.45) is 3.77. The van der Waals surface area contributed by atoms with Crippen molar-refractivity contribution in [3.05, 3.63) is 0 Å². The Hall–Kier alpha value is -0.650. The van der Waals surface area contributed by atoms with Crippen LogP contribution in [0.4, 0.5) is 0 Å². The highest BCUT2D eigenvalue weighted by Crippen LogP contribution is 2.06. The maximum Gasteiger partial charge on any atom is 0.235 e. The van der Waals surface area contributed by atoms with Gasteiger partial charge >= 0.3 is 0 Å². The van der Waals surface area contributed by atoms with Crippen molar-refractivity contribution in [3.8, 4) is 0 Å². The number of nitrogens with two attached hydrogens (primary N) is 2. The summed E-state index contributed by atoms with van der Waals surface area (Å²) in [5.74, 6) is -0.443. The molecular weight excluding hydrogens is 192 g/mol. The number of carbonyl (C=O) groups excluding carboxylic acids is 1. The van der Waals surface area contributed by atoms with E-state index in [2.05, 4.69) is 10.2 Å². The molecule has 0 aromatic carbocycles. The lowest BCUT2D eigenvalue weighted by molar-refractivity contribution is -0.119. The highest BCUT2D eigenvalue weighted by Gasteiger charge is 2.10. The molecule has 5 N–H and O–H groups in total. The van der Waals surface area contributed by atoms with Gasteiger partial charge in [0.05, 0.1) is 6.04 Å². The molecule has 15 heavy (non-hydrogen) atoms. The van der Waals surface area contributed by atoms with E-state index in [1.807, 2.05) is 0 Å². The van der Waals surface area contributed by atoms with Crippen molar-refractivity contribution < 1.29 is 4.79 Å². The predicted octanol–water partition coefficient (Wildman–Crippen LogP) is -1.13. The fraction of sp³-hybridized carbons (Fsp3) is 0.900. The SMILES string of the molecule is NC(=O)C(N)CNCCCN1CCCC1. The summed E-state index contributed by atoms with van der Waals surface area (Å²) in [4.78, 5) is 13.1. The average molecular weight is 214 g/mol. The Kier molecular flexibility index (Phi) is 5.60. The Morgan fingerprint density at radius 3 is 2.67 bits per heavy atom. The Morgan fingerprint density at radius 2 is 2.07 bits per heavy atom. The first-order valence-corrected chi connectivity index (χ1v) is 5.68. The van der Waals surface area contributed by atoms with Crippen LogP contribution >= 0.6 is 0 Å². The summed E-state index contributed by atoms with van der Waals surface area (Å²) in [6, 6.07) is -0.559. The number of likely N-dealkylation sites (tertiary alicyclic amines) is 1. The lowest BCUT2D eigenvalue weighted by Gasteiger charge is -2.14. The van der Waals surface area contributed by atoms with Gasteiger partial charge in [0.15, 0.2) is 0 Å². The summed E-state index contributed by atoms with van der Waals surface area (Å²) in [5.41, 5.74) is 10.5. The second-order valence-corrected chi connectivity index (χ2v) is 4.12. The third kappa shape index (κ3) is 5.11. The van der Waals surface area contributed by atoms with Crippen molar-refractivity contribution in [2.45, 2.75) is 25.3 Å². The molecule has 0 aromatic rings. The first kappa shape index (κ1) is 12.4. The van der Waals surface area contributed by atoms with Gasteiger partial charge in [0.2, 0.25) is 5.91 Å². The maximum absolute atomic E-state index is 10.6. The number of nitrogens with zero attached hydrogens (tertiary/aromatic N) is 1. The van der Waals surface area contributed by atoms with Crippen molar-refractivity contribution in [1.82, 2.24) is 10.2 Å². The van der Waals surface area contributed by atoms with Crippen LogP contribution in [0.2, 0.25) is 0 Å². The molecular formula is C10H22N4O. The van der Waals surface area contributed by atoms with Gasteiger partial charge in [0.1, 0.15) is 0 Å². The largest absolute Gasteiger partial charge is 0.368 e. The normalized spacial score (nSPS) is 19.3. The van der Waals surface area contributed by atoms with Gasteiger partial charge in [-0.2, -0.15) is 0 Å². The lowest BCUT2D eigenvalue weighted by Crippen LogP contribution is -2.44. The standard InChI is InChI=1S/C10H22N4O/c11-9(10(12)15)8-13-4-3-7-14-5-1-2-6-14/h9,13H,1-8,11H2,(H2,12,15). The number of carbonyl (C=O) groups is 1. The van der Waals surface area contributed by atoms with E-state index in [9.17, 15) is 4.79 Å². The average Bonchev–Trinajstić information content (AvgIpc) is 2.69. The first-order valence-electron chi connectivity index (χ1n) is 5.68. The van der Waals surface area contributed by atoms with Gasteiger partial charge in [-0.3, -0.25) is 4.79 Å². The van der Waals surface area contributed by atoms with E-state index in [-0.39, 0.29) is 0 Å². The molecule has 0 aromatic heterocycles. The zero-order chi connectivity index (χ0) is 11.1. The third-order valence-corrected chi connectivity index (χ3v) is 2.76. The molecule has 88 valence electrons. The lowest BCUT2D eigenvalue weighted by atomic mass is 10.3. The molecule has 5 heteroatoms. The van der Waals surface area contributed by atoms with E-state index >= 15 is 0 Å². The van der Waals surface area contributed by atoms with Gasteiger partial charge in [-0.1, -0.05) is 0 Å². The number of hydrogen-bond donors (Lipinski definition) is 3. The van der Waals surface area contributed by atoms with E-state index in [0.29, 0.717) is 6.54 Å². The van der Waals surface area contributed by atoms with E-state index in [0.717, 1.165) is 19.5 Å². The van der Waals surface area contributed by atoms with E-state index in [1.165, 1.54) is 25.9 Å². The summed E-state index contributed by atoms with van der Waals surface area (Å²) in [6.45, 7) is 4.99. The molecule has 1 atom stereocenters. The molecule has 1 rings (SSSR count). The van der Waals surface area contributed by atoms with E-state index < -0.39 is 11.9 Å². The number of amides is 1. The maximum atomic E-state index is 10.6. The molecule has 1 unspecified atom stereocenters. The molecule has 1 aliphatic heterocycles. The van der Waals surface area contributed by atoms with Crippen LogP contribution < -0.4 is 16.8 Å². The van der Waals surface area contributed by atoms with Crippen molar-refractivity contribution in [3.63, 3.8) is 0 Å². The topological polar surface area (TPSA) is 84.4 Å². The second-order valence-electron chi connectivity index (χ2n) is 4.12. The molecule has 0 bridgehead atoms. The number of rotatable bonds is 7. The number of hydrogen-bond acceptors (Lipinski definition) is 4. The fourth-order valence-electron chi connectivity index (χ4n) is 1.79. The molecule has 0 aliphatic carbocycles. The Balaban J connectivity index is 1.90. The van der Waals surface area contributed by atoms with Crippen LogP contribution in [0.1, 0.15) is 19.3 Å². The molecule has 0 saturated carbocycles. The molecule has 1 amide bonds. The summed E-state index contributed by atoms with van der Waals surface area (Å²) >= 11 is 0. The van der Waals surface area contributed by atoms with Crippen LogP contribution in [-0.4, -0.2) is 49.6 Å². The van der Waals surface area contributed by atoms with Crippen molar-refractivity contribution in [1.29, 1.82) is 0 Å². The smallest absolute Gasteiger partial charge is 0.235 e. The Morgan fingerprint density at radius 1 is 1.40 bits per heavy atom. The third-order valence-electron chi connectivity index (χ3n) is 2.76. The molecule has 1 saturated heterocycles. The quantitative estimate of drug-likeness (QED) is 0.468. The van der Waals surface area contributed by atoms with Gasteiger partial charge in [0, 0.05) is 6.54 Å². The van der Waals surface area contributed by atoms with Gasteiger partial charge in [-0.15, -0.1) is 0 Å². The van der Waals surface area contributed by atoms with Crippen LogP contribution in [0.25, 0.3) is 0 Å². The molecule has 0 spiro atoms. The summed E-state index contributed by atoms with van der Waals surface area (Å²) in [7, 11) is 0. The minimum Gasteiger partial charge on any atom is -0.368 e. The van der Waals surface area contributed by atoms with E-state index in [4.69, 9.17) is 11.5 Å². The van der Waals surface area contributed by atoms with Crippen LogP contribution in [0.15, 0.2) is 0 Å². The zero-order valence-corrected chi connectivity index (χ0v) is 9.24. The first-order chi connectivity index (χ1) is 7.20. The summed E-state index contributed by atoms with van der Waals surface area (Å²) < 4.78 is 0. The Bertz CT molecular complexity index is 192. The van der Waals surface area contributed by atoms with Crippen LogP contribution in [-0.2, 0) is 4.79 Å².